The van der Waals surface area contributed by atoms with Crippen LogP contribution < -0.4 is 0 Å². The Morgan fingerprint density at radius 2 is 2.28 bits per heavy atom. The maximum Gasteiger partial charge on any atom is 0.502 e. The van der Waals surface area contributed by atoms with Gasteiger partial charge in [-0.2, -0.15) is 14.3 Å². The topological polar surface area (TPSA) is 90.1 Å². The number of amides is 3. The normalized spacial score (nSPS) is 33.1. The van der Waals surface area contributed by atoms with E-state index in [4.69, 9.17) is 9.84 Å². The minimum absolute atomic E-state index is 0.169. The number of nitrogens with zero attached hydrogens (tertiary/aromatic N) is 2. The molecule has 0 saturated carbocycles. The van der Waals surface area contributed by atoms with Crippen molar-refractivity contribution >= 4 is 18.2 Å². The van der Waals surface area contributed by atoms with Crippen molar-refractivity contribution in [2.75, 3.05) is 13.7 Å². The number of aliphatic hydroxyl groups is 2. The monoisotopic (exact) mass is 255 g/mol. The van der Waals surface area contributed by atoms with E-state index in [0.717, 1.165) is 4.90 Å². The maximum atomic E-state index is 11.9. The molecule has 1 fully saturated rings. The number of ether oxygens (including phenoxy) is 1. The van der Waals surface area contributed by atoms with Crippen LogP contribution in [0.15, 0.2) is 12.2 Å². The smallest absolute Gasteiger partial charge is 0.394 e. The largest absolute Gasteiger partial charge is 0.502 e. The molecule has 3 atom stereocenters. The first-order valence-corrected chi connectivity index (χ1v) is 5.54. The number of carbonyl (C=O) groups excluding carboxylic acids is 2. The van der Waals surface area contributed by atoms with Crippen molar-refractivity contribution < 1.29 is 29.1 Å². The summed E-state index contributed by atoms with van der Waals surface area (Å²) in [5.74, 6) is -0.464. The molecule has 1 saturated heterocycles. The number of aliphatic hydroxyl groups excluding tert-OH is 2. The minimum atomic E-state index is -0.836. The second kappa shape index (κ2) is 4.60. The summed E-state index contributed by atoms with van der Waals surface area (Å²) < 4.78 is 6.57. The second-order valence-corrected chi connectivity index (χ2v) is 4.32. The Bertz CT molecular complexity index is 445. The van der Waals surface area contributed by atoms with E-state index in [1.165, 1.54) is 17.8 Å². The average Bonchev–Trinajstić information content (AvgIpc) is 2.72. The Labute approximate surface area is 104 Å². The van der Waals surface area contributed by atoms with Crippen LogP contribution in [-0.4, -0.2) is 69.9 Å². The number of urea groups is 1. The molecule has 2 N–H and O–H groups in total. The Morgan fingerprint density at radius 1 is 1.61 bits per heavy atom. The summed E-state index contributed by atoms with van der Waals surface area (Å²) in [6.07, 6.45) is -0.758. The zero-order valence-corrected chi connectivity index (χ0v) is 9.94. The van der Waals surface area contributed by atoms with Crippen molar-refractivity contribution in [1.82, 2.24) is 4.90 Å². The third kappa shape index (κ3) is 1.96. The van der Waals surface area contributed by atoms with Crippen LogP contribution in [0.3, 0.4) is 0 Å². The first kappa shape index (κ1) is 12.9. The summed E-state index contributed by atoms with van der Waals surface area (Å²) >= 11 is 0. The van der Waals surface area contributed by atoms with Gasteiger partial charge in [0, 0.05) is 6.42 Å². The van der Waals surface area contributed by atoms with Crippen LogP contribution in [0, 0.1) is 0 Å². The molecule has 7 heteroatoms. The highest BCUT2D eigenvalue weighted by molar-refractivity contribution is 6.17. The lowest BCUT2D eigenvalue weighted by atomic mass is 10.2. The molecule has 0 aromatic carbocycles. The first-order chi connectivity index (χ1) is 8.45. The van der Waals surface area contributed by atoms with Crippen LogP contribution in [0.1, 0.15) is 6.42 Å². The van der Waals surface area contributed by atoms with Gasteiger partial charge in [0.1, 0.15) is 12.3 Å². The van der Waals surface area contributed by atoms with Gasteiger partial charge in [0.05, 0.1) is 25.3 Å². The van der Waals surface area contributed by atoms with Crippen molar-refractivity contribution in [2.24, 2.45) is 0 Å². The van der Waals surface area contributed by atoms with Crippen molar-refractivity contribution in [1.29, 1.82) is 0 Å². The SMILES string of the molecule is C=C1C=[N+]([C@H]2C[C@H](O)[C@@H](CO)O2)C(=O)N(C)C1=O. The Balaban J connectivity index is 2.24. The Kier molecular flexibility index (Phi) is 3.29. The standard InChI is InChI=1S/C11H15N2O5/c1-6-4-13(11(17)12(2)10(6)16)9-3-7(15)8(5-14)18-9/h4,7-9,14-15H,1,3,5H2,2H3/q+1/t7-,8+,9+/m0/s1. The molecule has 7 nitrogen and oxygen atoms in total. The van der Waals surface area contributed by atoms with Gasteiger partial charge in [0.15, 0.2) is 0 Å². The van der Waals surface area contributed by atoms with Crippen molar-refractivity contribution in [3.05, 3.63) is 12.2 Å². The maximum absolute atomic E-state index is 11.9. The van der Waals surface area contributed by atoms with E-state index < -0.39 is 30.4 Å². The van der Waals surface area contributed by atoms with Gasteiger partial charge in [-0.05, 0) is 0 Å². The van der Waals surface area contributed by atoms with Crippen LogP contribution in [0.25, 0.3) is 0 Å². The molecule has 18 heavy (non-hydrogen) atoms. The predicted molar refractivity (Wildman–Crippen MR) is 60.0 cm³/mol. The minimum Gasteiger partial charge on any atom is -0.394 e. The zero-order valence-electron chi connectivity index (χ0n) is 9.94. The molecule has 0 bridgehead atoms. The molecule has 3 amide bonds. The molecule has 2 aliphatic rings. The molecule has 2 heterocycles. The molecular formula is C11H15N2O5+. The predicted octanol–water partition coefficient (Wildman–Crippen LogP) is -1.31. The number of rotatable bonds is 2. The summed E-state index contributed by atoms with van der Waals surface area (Å²) in [5.41, 5.74) is 0.169. The van der Waals surface area contributed by atoms with E-state index >= 15 is 0 Å². The zero-order chi connectivity index (χ0) is 13.4. The quantitative estimate of drug-likeness (QED) is 0.472. The number of hydrogen-bond acceptors (Lipinski definition) is 5. The van der Waals surface area contributed by atoms with Gasteiger partial charge in [-0.1, -0.05) is 6.58 Å². The van der Waals surface area contributed by atoms with Crippen LogP contribution in [0.2, 0.25) is 0 Å². The van der Waals surface area contributed by atoms with E-state index in [0.29, 0.717) is 0 Å². The van der Waals surface area contributed by atoms with Crippen LogP contribution in [0.5, 0.6) is 0 Å². The average molecular weight is 255 g/mol. The van der Waals surface area contributed by atoms with Gasteiger partial charge in [-0.3, -0.25) is 0 Å². The molecule has 0 unspecified atom stereocenters. The summed E-state index contributed by atoms with van der Waals surface area (Å²) in [7, 11) is 1.35. The summed E-state index contributed by atoms with van der Waals surface area (Å²) in [5, 5.41) is 18.6. The molecule has 2 aliphatic heterocycles. The van der Waals surface area contributed by atoms with Crippen molar-refractivity contribution in [3.63, 3.8) is 0 Å². The number of carbonyl (C=O) groups is 2. The molecule has 2 rings (SSSR count). The van der Waals surface area contributed by atoms with E-state index in [9.17, 15) is 14.7 Å². The number of hydrogen-bond donors (Lipinski definition) is 2. The summed E-state index contributed by atoms with van der Waals surface area (Å²) in [6, 6.07) is -0.539. The first-order valence-electron chi connectivity index (χ1n) is 5.54. The third-order valence-electron chi connectivity index (χ3n) is 3.08. The van der Waals surface area contributed by atoms with Crippen LogP contribution in [-0.2, 0) is 9.53 Å². The van der Waals surface area contributed by atoms with E-state index in [2.05, 4.69) is 6.58 Å². The van der Waals surface area contributed by atoms with Crippen LogP contribution in [0.4, 0.5) is 4.79 Å². The van der Waals surface area contributed by atoms with Gasteiger partial charge < -0.3 is 14.9 Å². The highest BCUT2D eigenvalue weighted by Gasteiger charge is 2.45. The lowest BCUT2D eigenvalue weighted by molar-refractivity contribution is -0.528. The fraction of sp³-hybridized carbons (Fsp3) is 0.545. The number of likely N-dealkylation sites (N-methyl/N-ethyl adjacent to an activating group) is 1. The van der Waals surface area contributed by atoms with Gasteiger partial charge in [0.2, 0.25) is 6.23 Å². The lowest BCUT2D eigenvalue weighted by Crippen LogP contribution is -2.49. The van der Waals surface area contributed by atoms with Gasteiger partial charge in [0.25, 0.3) is 0 Å². The molecule has 98 valence electrons. The molecule has 0 aromatic rings. The van der Waals surface area contributed by atoms with Gasteiger partial charge >= 0.3 is 11.9 Å². The van der Waals surface area contributed by atoms with Crippen molar-refractivity contribution in [2.45, 2.75) is 24.9 Å². The lowest BCUT2D eigenvalue weighted by Gasteiger charge is -2.19. The highest BCUT2D eigenvalue weighted by atomic mass is 16.5. The third-order valence-corrected chi connectivity index (χ3v) is 3.08. The second-order valence-electron chi connectivity index (χ2n) is 4.32. The van der Waals surface area contributed by atoms with E-state index in [1.807, 2.05) is 0 Å². The van der Waals surface area contributed by atoms with Gasteiger partial charge in [-0.15, -0.1) is 0 Å². The Hall–Kier alpha value is -1.57. The fourth-order valence-electron chi connectivity index (χ4n) is 2.01. The van der Waals surface area contributed by atoms with E-state index in [1.54, 1.807) is 0 Å². The van der Waals surface area contributed by atoms with Gasteiger partial charge in [-0.25, -0.2) is 4.79 Å². The highest BCUT2D eigenvalue weighted by Crippen LogP contribution is 2.22. The Morgan fingerprint density at radius 3 is 2.83 bits per heavy atom. The number of imide groups is 1. The molecular weight excluding hydrogens is 240 g/mol. The fourth-order valence-corrected chi connectivity index (χ4v) is 2.01. The summed E-state index contributed by atoms with van der Waals surface area (Å²) in [4.78, 5) is 24.3. The van der Waals surface area contributed by atoms with E-state index in [-0.39, 0.29) is 18.6 Å². The molecule has 0 aromatic heterocycles. The summed E-state index contributed by atoms with van der Waals surface area (Å²) in [6.45, 7) is 3.23. The van der Waals surface area contributed by atoms with Crippen molar-refractivity contribution in [3.8, 4) is 0 Å². The molecule has 0 radical (unpaired) electrons. The molecule has 0 aliphatic carbocycles. The van der Waals surface area contributed by atoms with Crippen LogP contribution >= 0.6 is 0 Å². The molecule has 0 spiro atoms.